The first-order valence-corrected chi connectivity index (χ1v) is 4.19. The third-order valence-corrected chi connectivity index (χ3v) is 1.83. The van der Waals surface area contributed by atoms with Crippen molar-refractivity contribution in [2.24, 2.45) is 7.05 Å². The summed E-state index contributed by atoms with van der Waals surface area (Å²) in [4.78, 5) is 0. The Hall–Kier alpha value is -0.900. The molecule has 0 fully saturated rings. The molecule has 0 spiro atoms. The fourth-order valence-electron chi connectivity index (χ4n) is 1.41. The summed E-state index contributed by atoms with van der Waals surface area (Å²) >= 11 is 0. The molecule has 68 valence electrons. The minimum Gasteiger partial charge on any atom is -0.314 e. The SMILES string of the molecule is CNCc1nnn(C)c1C(C)C. The molecular formula is C8H16N4. The quantitative estimate of drug-likeness (QED) is 0.721. The van der Waals surface area contributed by atoms with Gasteiger partial charge >= 0.3 is 0 Å². The minimum absolute atomic E-state index is 0.480. The van der Waals surface area contributed by atoms with Gasteiger partial charge in [0.25, 0.3) is 0 Å². The van der Waals surface area contributed by atoms with Crippen LogP contribution in [0.3, 0.4) is 0 Å². The molecule has 12 heavy (non-hydrogen) atoms. The average Bonchev–Trinajstić information content (AvgIpc) is 2.32. The number of aryl methyl sites for hydroxylation is 1. The van der Waals surface area contributed by atoms with Crippen LogP contribution >= 0.6 is 0 Å². The van der Waals surface area contributed by atoms with Gasteiger partial charge in [-0.05, 0) is 13.0 Å². The maximum absolute atomic E-state index is 4.08. The first-order valence-electron chi connectivity index (χ1n) is 4.19. The fraction of sp³-hybridized carbons (Fsp3) is 0.750. The second kappa shape index (κ2) is 3.67. The molecule has 4 nitrogen and oxygen atoms in total. The van der Waals surface area contributed by atoms with Crippen molar-refractivity contribution in [2.45, 2.75) is 26.3 Å². The first kappa shape index (κ1) is 9.19. The summed E-state index contributed by atoms with van der Waals surface area (Å²) in [5.41, 5.74) is 2.26. The molecule has 1 rings (SSSR count). The Morgan fingerprint density at radius 1 is 1.50 bits per heavy atom. The molecule has 1 heterocycles. The van der Waals surface area contributed by atoms with Gasteiger partial charge in [-0.2, -0.15) is 0 Å². The van der Waals surface area contributed by atoms with Gasteiger partial charge in [-0.3, -0.25) is 4.68 Å². The van der Waals surface area contributed by atoms with Crippen LogP contribution in [0.2, 0.25) is 0 Å². The highest BCUT2D eigenvalue weighted by Gasteiger charge is 2.12. The molecule has 0 unspecified atom stereocenters. The summed E-state index contributed by atoms with van der Waals surface area (Å²) in [6.07, 6.45) is 0. The van der Waals surface area contributed by atoms with Gasteiger partial charge in [-0.1, -0.05) is 19.1 Å². The van der Waals surface area contributed by atoms with Crippen LogP contribution in [-0.2, 0) is 13.6 Å². The van der Waals surface area contributed by atoms with E-state index in [0.29, 0.717) is 5.92 Å². The third kappa shape index (κ3) is 1.64. The number of aromatic nitrogens is 3. The zero-order valence-electron chi connectivity index (χ0n) is 8.13. The van der Waals surface area contributed by atoms with E-state index in [4.69, 9.17) is 0 Å². The highest BCUT2D eigenvalue weighted by molar-refractivity contribution is 5.13. The molecule has 0 radical (unpaired) electrons. The van der Waals surface area contributed by atoms with Crippen LogP contribution < -0.4 is 5.32 Å². The average molecular weight is 168 g/mol. The van der Waals surface area contributed by atoms with E-state index < -0.39 is 0 Å². The van der Waals surface area contributed by atoms with E-state index in [1.807, 2.05) is 18.8 Å². The summed E-state index contributed by atoms with van der Waals surface area (Å²) in [6.45, 7) is 5.09. The Kier molecular flexibility index (Phi) is 2.81. The van der Waals surface area contributed by atoms with E-state index >= 15 is 0 Å². The topological polar surface area (TPSA) is 42.7 Å². The molecule has 0 bridgehead atoms. The van der Waals surface area contributed by atoms with E-state index in [2.05, 4.69) is 29.5 Å². The Morgan fingerprint density at radius 3 is 2.67 bits per heavy atom. The van der Waals surface area contributed by atoms with Gasteiger partial charge in [0.15, 0.2) is 0 Å². The van der Waals surface area contributed by atoms with Crippen molar-refractivity contribution < 1.29 is 0 Å². The van der Waals surface area contributed by atoms with E-state index in [-0.39, 0.29) is 0 Å². The summed E-state index contributed by atoms with van der Waals surface area (Å²) in [5.74, 6) is 0.480. The molecule has 0 aliphatic rings. The van der Waals surface area contributed by atoms with E-state index in [9.17, 15) is 0 Å². The Morgan fingerprint density at radius 2 is 2.17 bits per heavy atom. The lowest BCUT2D eigenvalue weighted by molar-refractivity contribution is 0.646. The standard InChI is InChI=1S/C8H16N4/c1-6(2)8-7(5-9-3)10-11-12(8)4/h6,9H,5H2,1-4H3. The molecule has 0 atom stereocenters. The minimum atomic E-state index is 0.480. The van der Waals surface area contributed by atoms with Gasteiger partial charge in [0.1, 0.15) is 0 Å². The molecular weight excluding hydrogens is 152 g/mol. The van der Waals surface area contributed by atoms with Gasteiger partial charge in [-0.15, -0.1) is 5.10 Å². The predicted molar refractivity (Wildman–Crippen MR) is 47.9 cm³/mol. The second-order valence-corrected chi connectivity index (χ2v) is 3.23. The van der Waals surface area contributed by atoms with Gasteiger partial charge in [0.05, 0.1) is 11.4 Å². The predicted octanol–water partition coefficient (Wildman–Crippen LogP) is 0.658. The van der Waals surface area contributed by atoms with Gasteiger partial charge in [0, 0.05) is 13.6 Å². The molecule has 0 amide bonds. The number of hydrogen-bond acceptors (Lipinski definition) is 3. The summed E-state index contributed by atoms with van der Waals surface area (Å²) in [5, 5.41) is 11.1. The van der Waals surface area contributed by atoms with Crippen molar-refractivity contribution in [3.63, 3.8) is 0 Å². The monoisotopic (exact) mass is 168 g/mol. The molecule has 0 saturated heterocycles. The zero-order chi connectivity index (χ0) is 9.14. The van der Waals surface area contributed by atoms with Crippen molar-refractivity contribution in [1.29, 1.82) is 0 Å². The van der Waals surface area contributed by atoms with Crippen LogP contribution in [0.1, 0.15) is 31.2 Å². The maximum atomic E-state index is 4.08. The highest BCUT2D eigenvalue weighted by Crippen LogP contribution is 2.15. The highest BCUT2D eigenvalue weighted by atomic mass is 15.4. The van der Waals surface area contributed by atoms with E-state index in [1.54, 1.807) is 0 Å². The zero-order valence-corrected chi connectivity index (χ0v) is 8.13. The maximum Gasteiger partial charge on any atom is 0.0999 e. The summed E-state index contributed by atoms with van der Waals surface area (Å²) in [6, 6.07) is 0. The van der Waals surface area contributed by atoms with Crippen LogP contribution in [0.15, 0.2) is 0 Å². The fourth-order valence-corrected chi connectivity index (χ4v) is 1.41. The van der Waals surface area contributed by atoms with Crippen molar-refractivity contribution in [3.8, 4) is 0 Å². The molecule has 1 aromatic rings. The molecule has 0 aliphatic heterocycles. The van der Waals surface area contributed by atoms with Gasteiger partial charge in [-0.25, -0.2) is 0 Å². The smallest absolute Gasteiger partial charge is 0.0999 e. The number of nitrogens with one attached hydrogen (secondary N) is 1. The second-order valence-electron chi connectivity index (χ2n) is 3.23. The molecule has 0 aromatic carbocycles. The summed E-state index contributed by atoms with van der Waals surface area (Å²) < 4.78 is 1.84. The van der Waals surface area contributed by atoms with Gasteiger partial charge < -0.3 is 5.32 Å². The van der Waals surface area contributed by atoms with Crippen molar-refractivity contribution in [3.05, 3.63) is 11.4 Å². The third-order valence-electron chi connectivity index (χ3n) is 1.83. The Labute approximate surface area is 73.0 Å². The molecule has 1 N–H and O–H groups in total. The van der Waals surface area contributed by atoms with E-state index in [1.165, 1.54) is 5.69 Å². The Balaban J connectivity index is 2.95. The lowest BCUT2D eigenvalue weighted by atomic mass is 10.1. The van der Waals surface area contributed by atoms with Crippen molar-refractivity contribution >= 4 is 0 Å². The van der Waals surface area contributed by atoms with E-state index in [0.717, 1.165) is 12.2 Å². The van der Waals surface area contributed by atoms with Crippen LogP contribution in [-0.4, -0.2) is 22.0 Å². The van der Waals surface area contributed by atoms with Crippen molar-refractivity contribution in [1.82, 2.24) is 20.3 Å². The molecule has 4 heteroatoms. The molecule has 0 aliphatic carbocycles. The number of rotatable bonds is 3. The van der Waals surface area contributed by atoms with Crippen molar-refractivity contribution in [2.75, 3.05) is 7.05 Å². The first-order chi connectivity index (χ1) is 5.66. The molecule has 0 saturated carbocycles. The van der Waals surface area contributed by atoms with Gasteiger partial charge in [0.2, 0.25) is 0 Å². The van der Waals surface area contributed by atoms with Crippen LogP contribution in [0.25, 0.3) is 0 Å². The van der Waals surface area contributed by atoms with Crippen LogP contribution in [0.5, 0.6) is 0 Å². The number of hydrogen-bond donors (Lipinski definition) is 1. The van der Waals surface area contributed by atoms with Crippen LogP contribution in [0, 0.1) is 0 Å². The number of nitrogens with zero attached hydrogens (tertiary/aromatic N) is 3. The Bertz CT molecular complexity index is 252. The lowest BCUT2D eigenvalue weighted by Gasteiger charge is -2.06. The van der Waals surface area contributed by atoms with Crippen LogP contribution in [0.4, 0.5) is 0 Å². The normalized spacial score (nSPS) is 11.1. The lowest BCUT2D eigenvalue weighted by Crippen LogP contribution is -2.09. The molecule has 1 aromatic heterocycles. The largest absolute Gasteiger partial charge is 0.314 e. The summed E-state index contributed by atoms with van der Waals surface area (Å²) in [7, 11) is 3.85.